The number of amides is 3. The Hall–Kier alpha value is -5.12. The van der Waals surface area contributed by atoms with Crippen molar-refractivity contribution in [3.05, 3.63) is 104 Å². The minimum atomic E-state index is -0.584. The van der Waals surface area contributed by atoms with Crippen LogP contribution in [-0.2, 0) is 24.2 Å². The Morgan fingerprint density at radius 3 is 2.52 bits per heavy atom. The van der Waals surface area contributed by atoms with Gasteiger partial charge in [-0.25, -0.2) is 4.79 Å². The molecule has 1 heterocycles. The second kappa shape index (κ2) is 12.6. The Kier molecular flexibility index (Phi) is 8.52. The number of hydrogen-bond acceptors (Lipinski definition) is 7. The number of ether oxygens (including phenoxy) is 2. The SMILES string of the molecule is Cc1cc(OCC(=O)NCCNC(=O)c2cccc(COc3ccccc3C(N)=O)c2)c2c3c(c(=O)oc2c1)CCC3. The average Bonchev–Trinajstić information content (AvgIpc) is 3.48. The van der Waals surface area contributed by atoms with Gasteiger partial charge in [0.2, 0.25) is 0 Å². The van der Waals surface area contributed by atoms with Crippen molar-refractivity contribution in [3.8, 4) is 11.5 Å². The van der Waals surface area contributed by atoms with Crippen molar-refractivity contribution in [2.45, 2.75) is 32.8 Å². The molecule has 0 unspecified atom stereocenters. The van der Waals surface area contributed by atoms with Crippen molar-refractivity contribution in [1.29, 1.82) is 0 Å². The lowest BCUT2D eigenvalue weighted by Crippen LogP contribution is -2.36. The molecule has 3 aromatic carbocycles. The molecule has 0 atom stereocenters. The zero-order chi connectivity index (χ0) is 29.6. The van der Waals surface area contributed by atoms with Crippen molar-refractivity contribution in [2.24, 2.45) is 5.73 Å². The van der Waals surface area contributed by atoms with Crippen LogP contribution in [-0.4, -0.2) is 37.4 Å². The highest BCUT2D eigenvalue weighted by atomic mass is 16.5. The molecule has 0 saturated heterocycles. The zero-order valence-corrected chi connectivity index (χ0v) is 23.2. The third-order valence-corrected chi connectivity index (χ3v) is 7.01. The molecule has 10 heteroatoms. The number of benzene rings is 3. The van der Waals surface area contributed by atoms with Crippen LogP contribution in [0.1, 0.15) is 49.4 Å². The minimum absolute atomic E-state index is 0.145. The molecule has 0 spiro atoms. The van der Waals surface area contributed by atoms with E-state index in [2.05, 4.69) is 10.6 Å². The molecule has 42 heavy (non-hydrogen) atoms. The molecule has 1 aliphatic rings. The smallest absolute Gasteiger partial charge is 0.339 e. The monoisotopic (exact) mass is 569 g/mol. The van der Waals surface area contributed by atoms with Gasteiger partial charge < -0.3 is 30.3 Å². The van der Waals surface area contributed by atoms with E-state index in [1.807, 2.05) is 19.1 Å². The fourth-order valence-electron chi connectivity index (χ4n) is 5.05. The van der Waals surface area contributed by atoms with E-state index in [-0.39, 0.29) is 49.3 Å². The number of hydrogen-bond donors (Lipinski definition) is 3. The highest BCUT2D eigenvalue weighted by Crippen LogP contribution is 2.35. The first-order chi connectivity index (χ1) is 20.3. The van der Waals surface area contributed by atoms with Crippen LogP contribution >= 0.6 is 0 Å². The van der Waals surface area contributed by atoms with Crippen LogP contribution in [0.3, 0.4) is 0 Å². The van der Waals surface area contributed by atoms with Gasteiger partial charge in [0.15, 0.2) is 6.61 Å². The number of aryl methyl sites for hydroxylation is 2. The number of carbonyl (C=O) groups excluding carboxylic acids is 3. The highest BCUT2D eigenvalue weighted by molar-refractivity contribution is 5.96. The number of fused-ring (bicyclic) bond motifs is 3. The van der Waals surface area contributed by atoms with E-state index in [9.17, 15) is 19.2 Å². The van der Waals surface area contributed by atoms with Gasteiger partial charge in [0.05, 0.1) is 10.9 Å². The van der Waals surface area contributed by atoms with Crippen LogP contribution in [0.4, 0.5) is 0 Å². The molecule has 0 bridgehead atoms. The van der Waals surface area contributed by atoms with Crippen LogP contribution in [0, 0.1) is 6.92 Å². The second-order valence-corrected chi connectivity index (χ2v) is 10.1. The molecule has 0 fully saturated rings. The van der Waals surface area contributed by atoms with Crippen molar-refractivity contribution in [3.63, 3.8) is 0 Å². The maximum absolute atomic E-state index is 12.7. The standard InChI is InChI=1S/C32H31N3O7/c1-19-14-26(29-22-9-5-10-23(22)32(39)42-27(29)15-19)41-18-28(36)34-12-13-35-31(38)21-7-4-6-20(16-21)17-40-25-11-3-2-8-24(25)30(33)37/h2-4,6-8,11,14-16H,5,9-10,12-13,17-18H2,1H3,(H2,33,37)(H,34,36)(H,35,38). The van der Waals surface area contributed by atoms with Crippen LogP contribution in [0.15, 0.2) is 69.9 Å². The first kappa shape index (κ1) is 28.4. The molecule has 1 aromatic heterocycles. The quantitative estimate of drug-likeness (QED) is 0.185. The van der Waals surface area contributed by atoms with E-state index in [1.165, 1.54) is 0 Å². The lowest BCUT2D eigenvalue weighted by Gasteiger charge is -2.13. The summed E-state index contributed by atoms with van der Waals surface area (Å²) in [6, 6.07) is 17.2. The molecular formula is C32H31N3O7. The number of rotatable bonds is 11. The largest absolute Gasteiger partial charge is 0.488 e. The third-order valence-electron chi connectivity index (χ3n) is 7.01. The van der Waals surface area contributed by atoms with Gasteiger partial charge in [-0.3, -0.25) is 14.4 Å². The normalized spacial score (nSPS) is 12.0. The molecule has 5 rings (SSSR count). The summed E-state index contributed by atoms with van der Waals surface area (Å²) >= 11 is 0. The van der Waals surface area contributed by atoms with Gasteiger partial charge in [-0.2, -0.15) is 0 Å². The van der Waals surface area contributed by atoms with Crippen LogP contribution in [0.2, 0.25) is 0 Å². The van der Waals surface area contributed by atoms with Gasteiger partial charge in [0, 0.05) is 24.2 Å². The van der Waals surface area contributed by atoms with E-state index >= 15 is 0 Å². The summed E-state index contributed by atoms with van der Waals surface area (Å²) in [5.41, 5.74) is 9.47. The number of nitrogens with one attached hydrogen (secondary N) is 2. The Morgan fingerprint density at radius 1 is 0.905 bits per heavy atom. The maximum atomic E-state index is 12.7. The number of primary amides is 1. The summed E-state index contributed by atoms with van der Waals surface area (Å²) in [7, 11) is 0. The highest BCUT2D eigenvalue weighted by Gasteiger charge is 2.23. The lowest BCUT2D eigenvalue weighted by molar-refractivity contribution is -0.123. The van der Waals surface area contributed by atoms with Gasteiger partial charge in [-0.15, -0.1) is 0 Å². The summed E-state index contributed by atoms with van der Waals surface area (Å²) in [5, 5.41) is 6.27. The van der Waals surface area contributed by atoms with Gasteiger partial charge in [-0.05, 0) is 79.3 Å². The molecule has 0 saturated carbocycles. The van der Waals surface area contributed by atoms with Crippen LogP contribution in [0.5, 0.6) is 11.5 Å². The maximum Gasteiger partial charge on any atom is 0.339 e. The second-order valence-electron chi connectivity index (χ2n) is 10.1. The van der Waals surface area contributed by atoms with E-state index in [0.29, 0.717) is 34.6 Å². The van der Waals surface area contributed by atoms with Crippen molar-refractivity contribution in [1.82, 2.24) is 10.6 Å². The Labute approximate surface area is 241 Å². The molecule has 4 N–H and O–H groups in total. The molecule has 3 amide bonds. The number of nitrogens with two attached hydrogens (primary N) is 1. The average molecular weight is 570 g/mol. The predicted octanol–water partition coefficient (Wildman–Crippen LogP) is 3.19. The van der Waals surface area contributed by atoms with Gasteiger partial charge >= 0.3 is 5.63 Å². The predicted molar refractivity (Wildman–Crippen MR) is 156 cm³/mol. The lowest BCUT2D eigenvalue weighted by atomic mass is 10.0. The summed E-state index contributed by atoms with van der Waals surface area (Å²) < 4.78 is 17.1. The van der Waals surface area contributed by atoms with Gasteiger partial charge in [-0.1, -0.05) is 24.3 Å². The molecule has 4 aromatic rings. The van der Waals surface area contributed by atoms with E-state index in [0.717, 1.165) is 34.9 Å². The van der Waals surface area contributed by atoms with Crippen molar-refractivity contribution in [2.75, 3.05) is 19.7 Å². The molecule has 0 aliphatic heterocycles. The van der Waals surface area contributed by atoms with E-state index in [1.54, 1.807) is 48.5 Å². The Bertz CT molecular complexity index is 1730. The summed E-state index contributed by atoms with van der Waals surface area (Å²) in [6.07, 6.45) is 2.32. The van der Waals surface area contributed by atoms with E-state index in [4.69, 9.17) is 19.6 Å². The van der Waals surface area contributed by atoms with Crippen molar-refractivity contribution < 1.29 is 28.3 Å². The van der Waals surface area contributed by atoms with Gasteiger partial charge in [0.1, 0.15) is 23.7 Å². The summed E-state index contributed by atoms with van der Waals surface area (Å²) in [6.45, 7) is 2.21. The third kappa shape index (κ3) is 6.43. The summed E-state index contributed by atoms with van der Waals surface area (Å²) in [5.74, 6) is -0.355. The fraction of sp³-hybridized carbons (Fsp3) is 0.250. The minimum Gasteiger partial charge on any atom is -0.488 e. The fourth-order valence-corrected chi connectivity index (χ4v) is 5.05. The first-order valence-electron chi connectivity index (χ1n) is 13.7. The first-order valence-corrected chi connectivity index (χ1v) is 13.7. The van der Waals surface area contributed by atoms with Crippen molar-refractivity contribution >= 4 is 28.7 Å². The molecule has 0 radical (unpaired) electrons. The summed E-state index contributed by atoms with van der Waals surface area (Å²) in [4.78, 5) is 49.0. The molecule has 1 aliphatic carbocycles. The molecule has 10 nitrogen and oxygen atoms in total. The Balaban J connectivity index is 1.10. The van der Waals surface area contributed by atoms with Gasteiger partial charge in [0.25, 0.3) is 17.7 Å². The van der Waals surface area contributed by atoms with Crippen LogP contribution < -0.4 is 31.5 Å². The van der Waals surface area contributed by atoms with E-state index < -0.39 is 5.91 Å². The van der Waals surface area contributed by atoms with Crippen LogP contribution in [0.25, 0.3) is 11.0 Å². The number of carbonyl (C=O) groups is 3. The molecule has 216 valence electrons. The zero-order valence-electron chi connectivity index (χ0n) is 23.2. The Morgan fingerprint density at radius 2 is 1.69 bits per heavy atom. The topological polar surface area (TPSA) is 150 Å². The number of para-hydroxylation sites is 1. The molecular weight excluding hydrogens is 538 g/mol.